The molecule has 1 saturated carbocycles. The summed E-state index contributed by atoms with van der Waals surface area (Å²) < 4.78 is 11.0. The molecule has 3 aromatic rings. The van der Waals surface area contributed by atoms with Crippen LogP contribution in [0.25, 0.3) is 11.1 Å². The van der Waals surface area contributed by atoms with Crippen molar-refractivity contribution < 1.29 is 14.3 Å². The number of anilines is 1. The zero-order valence-electron chi connectivity index (χ0n) is 20.3. The fourth-order valence-electron chi connectivity index (χ4n) is 4.79. The molecule has 0 atom stereocenters. The van der Waals surface area contributed by atoms with Gasteiger partial charge in [-0.25, -0.2) is 0 Å². The van der Waals surface area contributed by atoms with Gasteiger partial charge in [0.2, 0.25) is 5.91 Å². The highest BCUT2D eigenvalue weighted by Gasteiger charge is 2.19. The van der Waals surface area contributed by atoms with Crippen molar-refractivity contribution in [3.8, 4) is 22.6 Å². The number of nitrogens with two attached hydrogens (primary N) is 1. The molecule has 3 aromatic carbocycles. The highest BCUT2D eigenvalue weighted by molar-refractivity contribution is 5.93. The van der Waals surface area contributed by atoms with E-state index in [1.807, 2.05) is 30.3 Å². The minimum atomic E-state index is -0.0737. The summed E-state index contributed by atoms with van der Waals surface area (Å²) in [6.07, 6.45) is 6.71. The molecule has 1 fully saturated rings. The Balaban J connectivity index is 0.00000342. The van der Waals surface area contributed by atoms with Gasteiger partial charge in [0.15, 0.2) is 11.5 Å². The molecule has 1 aliphatic rings. The number of nitrogens with one attached hydrogen (secondary N) is 1. The summed E-state index contributed by atoms with van der Waals surface area (Å²) in [6.45, 7) is 0.841. The van der Waals surface area contributed by atoms with E-state index in [-0.39, 0.29) is 24.7 Å². The molecule has 0 spiro atoms. The van der Waals surface area contributed by atoms with E-state index < -0.39 is 0 Å². The lowest BCUT2D eigenvalue weighted by atomic mass is 9.81. The fourth-order valence-corrected chi connectivity index (χ4v) is 4.79. The molecular weight excluding hydrogens is 460 g/mol. The Bertz CT molecular complexity index is 1110. The average molecular weight is 495 g/mol. The van der Waals surface area contributed by atoms with Crippen molar-refractivity contribution in [2.45, 2.75) is 44.4 Å². The average Bonchev–Trinajstić information content (AvgIpc) is 2.88. The normalized spacial score (nSPS) is 13.5. The number of amides is 1. The van der Waals surface area contributed by atoms with E-state index >= 15 is 0 Å². The van der Waals surface area contributed by atoms with E-state index in [2.05, 4.69) is 41.7 Å². The summed E-state index contributed by atoms with van der Waals surface area (Å²) in [7, 11) is 1.59. The van der Waals surface area contributed by atoms with Gasteiger partial charge in [-0.1, -0.05) is 61.7 Å². The topological polar surface area (TPSA) is 73.6 Å². The van der Waals surface area contributed by atoms with Crippen molar-refractivity contribution in [3.05, 3.63) is 77.9 Å². The molecule has 5 nitrogen and oxygen atoms in total. The van der Waals surface area contributed by atoms with Crippen LogP contribution in [0.4, 0.5) is 5.69 Å². The van der Waals surface area contributed by atoms with Crippen molar-refractivity contribution in [1.82, 2.24) is 0 Å². The number of hydrogen-bond donors (Lipinski definition) is 2. The van der Waals surface area contributed by atoms with Crippen LogP contribution < -0.4 is 20.5 Å². The summed E-state index contributed by atoms with van der Waals surface area (Å²) in [6, 6.07) is 22.4. The number of halogens is 1. The van der Waals surface area contributed by atoms with Gasteiger partial charge in [0.05, 0.1) is 13.5 Å². The smallest absolute Gasteiger partial charge is 0.228 e. The van der Waals surface area contributed by atoms with Crippen LogP contribution in [0, 0.1) is 0 Å². The maximum absolute atomic E-state index is 12.8. The zero-order chi connectivity index (χ0) is 23.8. The maximum atomic E-state index is 12.8. The van der Waals surface area contributed by atoms with E-state index in [9.17, 15) is 4.79 Å². The largest absolute Gasteiger partial charge is 0.493 e. The molecule has 1 amide bonds. The Morgan fingerprint density at radius 1 is 0.971 bits per heavy atom. The number of benzene rings is 3. The minimum absolute atomic E-state index is 0. The van der Waals surface area contributed by atoms with Gasteiger partial charge >= 0.3 is 0 Å². The third-order valence-electron chi connectivity index (χ3n) is 6.43. The third kappa shape index (κ3) is 7.00. The molecule has 0 radical (unpaired) electrons. The molecule has 35 heavy (non-hydrogen) atoms. The Kier molecular flexibility index (Phi) is 10.0. The maximum Gasteiger partial charge on any atom is 0.228 e. The van der Waals surface area contributed by atoms with Crippen molar-refractivity contribution in [1.29, 1.82) is 0 Å². The molecule has 0 unspecified atom stereocenters. The van der Waals surface area contributed by atoms with Crippen LogP contribution in [0.1, 0.15) is 49.1 Å². The molecule has 0 bridgehead atoms. The highest BCUT2D eigenvalue weighted by Crippen LogP contribution is 2.38. The van der Waals surface area contributed by atoms with Crippen LogP contribution >= 0.6 is 12.4 Å². The number of carbonyl (C=O) groups is 1. The van der Waals surface area contributed by atoms with Gasteiger partial charge in [0.25, 0.3) is 0 Å². The molecule has 0 aromatic heterocycles. The minimum Gasteiger partial charge on any atom is -0.493 e. The van der Waals surface area contributed by atoms with Gasteiger partial charge in [-0.15, -0.1) is 12.4 Å². The third-order valence-corrected chi connectivity index (χ3v) is 6.43. The molecule has 186 valence electrons. The van der Waals surface area contributed by atoms with Gasteiger partial charge in [-0.05, 0) is 65.3 Å². The SMILES string of the molecule is COc1cc(CC(=O)Nc2cccc(-c3ccccc3C3CCCCC3)c2)ccc1OCCN.Cl. The van der Waals surface area contributed by atoms with E-state index in [0.717, 1.165) is 16.8 Å². The van der Waals surface area contributed by atoms with Gasteiger partial charge in [-0.2, -0.15) is 0 Å². The van der Waals surface area contributed by atoms with Crippen LogP contribution in [0.15, 0.2) is 66.7 Å². The number of ether oxygens (including phenoxy) is 2. The van der Waals surface area contributed by atoms with Gasteiger partial charge in [0, 0.05) is 12.2 Å². The summed E-state index contributed by atoms with van der Waals surface area (Å²) >= 11 is 0. The molecule has 6 heteroatoms. The summed E-state index contributed by atoms with van der Waals surface area (Å²) in [4.78, 5) is 12.8. The fraction of sp³-hybridized carbons (Fsp3) is 0.345. The second-order valence-corrected chi connectivity index (χ2v) is 8.85. The number of methoxy groups -OCH3 is 1. The monoisotopic (exact) mass is 494 g/mol. The summed E-state index contributed by atoms with van der Waals surface area (Å²) in [5.41, 5.74) is 11.0. The molecule has 0 saturated heterocycles. The van der Waals surface area contributed by atoms with E-state index in [1.165, 1.54) is 43.2 Å². The van der Waals surface area contributed by atoms with E-state index in [4.69, 9.17) is 15.2 Å². The Hall–Kier alpha value is -3.02. The van der Waals surface area contributed by atoms with Crippen LogP contribution in [0.5, 0.6) is 11.5 Å². The van der Waals surface area contributed by atoms with Gasteiger partial charge in [0.1, 0.15) is 6.61 Å². The van der Waals surface area contributed by atoms with E-state index in [1.54, 1.807) is 7.11 Å². The zero-order valence-corrected chi connectivity index (χ0v) is 21.1. The Labute approximate surface area is 214 Å². The first-order valence-corrected chi connectivity index (χ1v) is 12.2. The lowest BCUT2D eigenvalue weighted by Crippen LogP contribution is -2.15. The highest BCUT2D eigenvalue weighted by atomic mass is 35.5. The Morgan fingerprint density at radius 3 is 2.54 bits per heavy atom. The summed E-state index contributed by atoms with van der Waals surface area (Å²) in [5.74, 6) is 1.77. The first kappa shape index (κ1) is 26.6. The van der Waals surface area contributed by atoms with Crippen LogP contribution in [-0.4, -0.2) is 26.2 Å². The van der Waals surface area contributed by atoms with E-state index in [0.29, 0.717) is 30.6 Å². The molecule has 3 N–H and O–H groups in total. The number of carbonyl (C=O) groups excluding carboxylic acids is 1. The second-order valence-electron chi connectivity index (χ2n) is 8.85. The molecule has 0 heterocycles. The number of hydrogen-bond acceptors (Lipinski definition) is 4. The first-order chi connectivity index (χ1) is 16.7. The second kappa shape index (κ2) is 13.2. The molecular formula is C29H35ClN2O3. The summed E-state index contributed by atoms with van der Waals surface area (Å²) in [5, 5.41) is 3.06. The molecule has 0 aliphatic heterocycles. The van der Waals surface area contributed by atoms with Crippen LogP contribution in [-0.2, 0) is 11.2 Å². The lowest BCUT2D eigenvalue weighted by molar-refractivity contribution is -0.115. The molecule has 1 aliphatic carbocycles. The van der Waals surface area contributed by atoms with Crippen molar-refractivity contribution in [3.63, 3.8) is 0 Å². The predicted octanol–water partition coefficient (Wildman–Crippen LogP) is 6.35. The van der Waals surface area contributed by atoms with Crippen molar-refractivity contribution in [2.75, 3.05) is 25.6 Å². The first-order valence-electron chi connectivity index (χ1n) is 12.2. The van der Waals surface area contributed by atoms with Crippen LogP contribution in [0.2, 0.25) is 0 Å². The van der Waals surface area contributed by atoms with Crippen molar-refractivity contribution >= 4 is 24.0 Å². The van der Waals surface area contributed by atoms with Crippen LogP contribution in [0.3, 0.4) is 0 Å². The van der Waals surface area contributed by atoms with Gasteiger partial charge < -0.3 is 20.5 Å². The van der Waals surface area contributed by atoms with Gasteiger partial charge in [-0.3, -0.25) is 4.79 Å². The molecule has 4 rings (SSSR count). The quantitative estimate of drug-likeness (QED) is 0.363. The lowest BCUT2D eigenvalue weighted by Gasteiger charge is -2.24. The standard InChI is InChI=1S/C29H34N2O3.ClH/c1-33-28-18-21(14-15-27(28)34-17-16-30)19-29(32)31-24-11-7-10-23(20-24)26-13-6-5-12-25(26)22-8-3-2-4-9-22;/h5-7,10-15,18,20,22H,2-4,8-9,16-17,19,30H2,1H3,(H,31,32);1H. The Morgan fingerprint density at radius 2 is 1.77 bits per heavy atom. The predicted molar refractivity (Wildman–Crippen MR) is 145 cm³/mol. The van der Waals surface area contributed by atoms with Crippen molar-refractivity contribution in [2.24, 2.45) is 5.73 Å². The number of rotatable bonds is 9.